The van der Waals surface area contributed by atoms with Crippen LogP contribution in [0.2, 0.25) is 5.02 Å². The molecule has 3 rings (SSSR count). The van der Waals surface area contributed by atoms with Gasteiger partial charge >= 0.3 is 0 Å². The highest BCUT2D eigenvalue weighted by molar-refractivity contribution is 14.1. The van der Waals surface area contributed by atoms with E-state index in [1.165, 1.54) is 0 Å². The second-order valence-electron chi connectivity index (χ2n) is 3.98. The van der Waals surface area contributed by atoms with Crippen LogP contribution in [0.1, 0.15) is 11.1 Å². The van der Waals surface area contributed by atoms with E-state index < -0.39 is 0 Å². The maximum atomic E-state index is 6.12. The van der Waals surface area contributed by atoms with Crippen molar-refractivity contribution in [2.75, 3.05) is 0 Å². The summed E-state index contributed by atoms with van der Waals surface area (Å²) in [5.74, 6) is 1.62. The number of halogens is 3. The molecule has 0 amide bonds. The van der Waals surface area contributed by atoms with Crippen LogP contribution in [-0.4, -0.2) is 0 Å². The number of hydrogen-bond acceptors (Lipinski definition) is 1. The molecule has 0 atom stereocenters. The number of ether oxygens (including phenoxy) is 1. The quantitative estimate of drug-likeness (QED) is 0.403. The molecular formula is C14H7BrClIO. The molecule has 90 valence electrons. The number of rotatable bonds is 0. The third-order valence-corrected chi connectivity index (χ3v) is 4.70. The van der Waals surface area contributed by atoms with Crippen molar-refractivity contribution in [3.05, 3.63) is 61.1 Å². The average molecular weight is 433 g/mol. The molecule has 18 heavy (non-hydrogen) atoms. The Kier molecular flexibility index (Phi) is 3.16. The van der Waals surface area contributed by atoms with Crippen LogP contribution in [-0.2, 0) is 0 Å². The summed E-state index contributed by atoms with van der Waals surface area (Å²) in [6, 6.07) is 9.81. The number of fused-ring (bicyclic) bond motifs is 2. The molecule has 1 heterocycles. The molecule has 0 fully saturated rings. The topological polar surface area (TPSA) is 9.23 Å². The second kappa shape index (κ2) is 4.54. The normalized spacial score (nSPS) is 12.7. The van der Waals surface area contributed by atoms with Crippen LogP contribution >= 0.6 is 50.1 Å². The Morgan fingerprint density at radius 1 is 1.11 bits per heavy atom. The minimum Gasteiger partial charge on any atom is -0.456 e. The lowest BCUT2D eigenvalue weighted by Crippen LogP contribution is -2.02. The molecule has 0 unspecified atom stereocenters. The highest BCUT2D eigenvalue weighted by atomic mass is 127. The van der Waals surface area contributed by atoms with Crippen molar-refractivity contribution in [2.45, 2.75) is 0 Å². The fourth-order valence-corrected chi connectivity index (χ4v) is 2.92. The van der Waals surface area contributed by atoms with Gasteiger partial charge in [-0.05, 0) is 74.4 Å². The van der Waals surface area contributed by atoms with Crippen molar-refractivity contribution < 1.29 is 4.74 Å². The van der Waals surface area contributed by atoms with E-state index >= 15 is 0 Å². The summed E-state index contributed by atoms with van der Waals surface area (Å²) in [4.78, 5) is 0. The van der Waals surface area contributed by atoms with Crippen LogP contribution in [0.5, 0.6) is 11.5 Å². The van der Waals surface area contributed by atoms with Gasteiger partial charge < -0.3 is 4.74 Å². The van der Waals surface area contributed by atoms with E-state index in [0.717, 1.165) is 36.2 Å². The summed E-state index contributed by atoms with van der Waals surface area (Å²) >= 11 is 11.8. The molecule has 1 aliphatic rings. The predicted molar refractivity (Wildman–Crippen MR) is 86.5 cm³/mol. The van der Waals surface area contributed by atoms with Crippen molar-refractivity contribution in [3.63, 3.8) is 0 Å². The highest BCUT2D eigenvalue weighted by Crippen LogP contribution is 2.45. The molecule has 2 aromatic carbocycles. The molecule has 0 bridgehead atoms. The lowest BCUT2D eigenvalue weighted by molar-refractivity contribution is 0.474. The van der Waals surface area contributed by atoms with Gasteiger partial charge in [-0.25, -0.2) is 0 Å². The van der Waals surface area contributed by atoms with Gasteiger partial charge in [0.1, 0.15) is 11.5 Å². The molecule has 2 aromatic rings. The molecule has 0 aliphatic carbocycles. The first kappa shape index (κ1) is 12.5. The Balaban J connectivity index is 2.22. The first-order valence-corrected chi connectivity index (χ1v) is 7.47. The SMILES string of the molecule is C=C1c2cc(I)ccc2Oc2cc(Br)c(Cl)cc21. The largest absolute Gasteiger partial charge is 0.456 e. The number of benzene rings is 2. The molecule has 0 spiro atoms. The number of hydrogen-bond donors (Lipinski definition) is 0. The van der Waals surface area contributed by atoms with Gasteiger partial charge in [0.2, 0.25) is 0 Å². The summed E-state index contributed by atoms with van der Waals surface area (Å²) in [6.45, 7) is 4.15. The summed E-state index contributed by atoms with van der Waals surface area (Å²) in [7, 11) is 0. The Labute approximate surface area is 132 Å². The summed E-state index contributed by atoms with van der Waals surface area (Å²) < 4.78 is 7.86. The standard InChI is InChI=1S/C14H7BrClIO/c1-7-9-4-8(17)2-3-13(9)18-14-6-11(15)12(16)5-10(7)14/h2-6H,1H2. The second-order valence-corrected chi connectivity index (χ2v) is 6.49. The molecular weight excluding hydrogens is 426 g/mol. The van der Waals surface area contributed by atoms with Gasteiger partial charge in [0.25, 0.3) is 0 Å². The summed E-state index contributed by atoms with van der Waals surface area (Å²) in [5, 5.41) is 0.660. The van der Waals surface area contributed by atoms with E-state index in [9.17, 15) is 0 Å². The van der Waals surface area contributed by atoms with E-state index in [-0.39, 0.29) is 0 Å². The average Bonchev–Trinajstić information content (AvgIpc) is 2.33. The molecule has 0 aromatic heterocycles. The van der Waals surface area contributed by atoms with Crippen LogP contribution in [0.3, 0.4) is 0 Å². The molecule has 1 nitrogen and oxygen atoms in total. The molecule has 0 radical (unpaired) electrons. The first-order valence-electron chi connectivity index (χ1n) is 5.22. The minimum absolute atomic E-state index is 0.660. The van der Waals surface area contributed by atoms with Gasteiger partial charge in [0.15, 0.2) is 0 Å². The molecule has 0 saturated heterocycles. The lowest BCUT2D eigenvalue weighted by atomic mass is 9.96. The van der Waals surface area contributed by atoms with Gasteiger partial charge in [-0.2, -0.15) is 0 Å². The maximum absolute atomic E-state index is 6.12. The minimum atomic E-state index is 0.660. The fourth-order valence-electron chi connectivity index (χ4n) is 1.94. The zero-order chi connectivity index (χ0) is 12.9. The van der Waals surface area contributed by atoms with Crippen LogP contribution in [0.25, 0.3) is 5.57 Å². The molecule has 0 saturated carbocycles. The predicted octanol–water partition coefficient (Wildman–Crippen LogP) is 5.87. The Hall–Kier alpha value is -0.520. The van der Waals surface area contributed by atoms with Crippen molar-refractivity contribution >= 4 is 55.7 Å². The molecule has 1 aliphatic heterocycles. The van der Waals surface area contributed by atoms with E-state index in [2.05, 4.69) is 51.2 Å². The third kappa shape index (κ3) is 1.98. The van der Waals surface area contributed by atoms with E-state index in [1.807, 2.05) is 24.3 Å². The van der Waals surface area contributed by atoms with Crippen molar-refractivity contribution in [2.24, 2.45) is 0 Å². The lowest BCUT2D eigenvalue weighted by Gasteiger charge is -2.23. The van der Waals surface area contributed by atoms with Gasteiger partial charge in [0.05, 0.1) is 5.02 Å². The van der Waals surface area contributed by atoms with Crippen molar-refractivity contribution in [1.29, 1.82) is 0 Å². The monoisotopic (exact) mass is 432 g/mol. The smallest absolute Gasteiger partial charge is 0.136 e. The van der Waals surface area contributed by atoms with Crippen molar-refractivity contribution in [3.8, 4) is 11.5 Å². The zero-order valence-corrected chi connectivity index (χ0v) is 13.6. The Morgan fingerprint density at radius 3 is 2.61 bits per heavy atom. The van der Waals surface area contributed by atoms with Gasteiger partial charge in [0, 0.05) is 19.2 Å². The maximum Gasteiger partial charge on any atom is 0.136 e. The van der Waals surface area contributed by atoms with E-state index in [1.54, 1.807) is 0 Å². The van der Waals surface area contributed by atoms with E-state index in [4.69, 9.17) is 16.3 Å². The molecule has 0 N–H and O–H groups in total. The summed E-state index contributed by atoms with van der Waals surface area (Å²) in [6.07, 6.45) is 0. The summed E-state index contributed by atoms with van der Waals surface area (Å²) in [5.41, 5.74) is 2.91. The first-order chi connectivity index (χ1) is 8.56. The zero-order valence-electron chi connectivity index (χ0n) is 9.14. The Bertz CT molecular complexity index is 682. The van der Waals surface area contributed by atoms with Gasteiger partial charge in [-0.1, -0.05) is 18.2 Å². The van der Waals surface area contributed by atoms with Crippen LogP contribution in [0, 0.1) is 3.57 Å². The Morgan fingerprint density at radius 2 is 1.83 bits per heavy atom. The van der Waals surface area contributed by atoms with Crippen molar-refractivity contribution in [1.82, 2.24) is 0 Å². The highest BCUT2D eigenvalue weighted by Gasteiger charge is 2.22. The molecule has 4 heteroatoms. The van der Waals surface area contributed by atoms with Crippen LogP contribution in [0.4, 0.5) is 0 Å². The third-order valence-electron chi connectivity index (χ3n) is 2.83. The fraction of sp³-hybridized carbons (Fsp3) is 0. The van der Waals surface area contributed by atoms with Gasteiger partial charge in [-0.3, -0.25) is 0 Å². The van der Waals surface area contributed by atoms with E-state index in [0.29, 0.717) is 5.02 Å². The van der Waals surface area contributed by atoms with Gasteiger partial charge in [-0.15, -0.1) is 0 Å². The van der Waals surface area contributed by atoms with Crippen LogP contribution in [0.15, 0.2) is 41.4 Å². The van der Waals surface area contributed by atoms with Crippen LogP contribution < -0.4 is 4.74 Å².